The lowest BCUT2D eigenvalue weighted by molar-refractivity contribution is -0.0893. The molecule has 0 aliphatic rings. The van der Waals surface area contributed by atoms with E-state index in [1.807, 2.05) is 13.8 Å². The monoisotopic (exact) mass is 521 g/mol. The van der Waals surface area contributed by atoms with Crippen molar-refractivity contribution in [1.29, 1.82) is 0 Å². The van der Waals surface area contributed by atoms with Crippen molar-refractivity contribution < 1.29 is 14.2 Å². The zero-order valence-corrected chi connectivity index (χ0v) is 23.2. The average Bonchev–Trinajstić information content (AvgIpc) is 3.32. The molecule has 6 aromatic carbocycles. The van der Waals surface area contributed by atoms with Gasteiger partial charge < -0.3 is 14.2 Å². The maximum atomic E-state index is 10.7. The summed E-state index contributed by atoms with van der Waals surface area (Å²) in [6, 6.07) is 36.3. The van der Waals surface area contributed by atoms with E-state index in [-0.39, 0.29) is 0 Å². The van der Waals surface area contributed by atoms with E-state index in [0.29, 0.717) is 0 Å². The summed E-state index contributed by atoms with van der Waals surface area (Å²) in [4.78, 5) is 0. The second-order valence-electron chi connectivity index (χ2n) is 11.7. The molecule has 0 aliphatic heterocycles. The molecule has 1 radical (unpaired) electrons. The fourth-order valence-corrected chi connectivity index (χ4v) is 5.53. The molecule has 7 rings (SSSR count). The molecule has 0 unspecified atom stereocenters. The second-order valence-corrected chi connectivity index (χ2v) is 11.7. The lowest BCUT2D eigenvalue weighted by Gasteiger charge is -2.37. The Morgan fingerprint density at radius 1 is 0.625 bits per heavy atom. The number of fused-ring (bicyclic) bond motifs is 7. The zero-order valence-electron chi connectivity index (χ0n) is 23.2. The molecule has 1 aromatic heterocycles. The van der Waals surface area contributed by atoms with Crippen LogP contribution in [0.1, 0.15) is 27.7 Å². The van der Waals surface area contributed by atoms with Crippen molar-refractivity contribution in [2.75, 3.05) is 0 Å². The van der Waals surface area contributed by atoms with Crippen molar-refractivity contribution in [2.45, 2.75) is 38.9 Å². The van der Waals surface area contributed by atoms with Gasteiger partial charge in [-0.3, -0.25) is 0 Å². The van der Waals surface area contributed by atoms with E-state index < -0.39 is 11.2 Å². The average molecular weight is 521 g/mol. The molecule has 4 heteroatoms. The lowest BCUT2D eigenvalue weighted by atomic mass is 9.79. The summed E-state index contributed by atoms with van der Waals surface area (Å²) < 4.78 is 13.0. The number of hydrogen-bond acceptors (Lipinski definition) is 3. The topological polar surface area (TPSA) is 42.6 Å². The van der Waals surface area contributed by atoms with Gasteiger partial charge in [0, 0.05) is 16.3 Å². The van der Waals surface area contributed by atoms with E-state index in [9.17, 15) is 5.11 Å². The van der Waals surface area contributed by atoms with Gasteiger partial charge in [0.25, 0.3) is 0 Å². The van der Waals surface area contributed by atoms with Crippen molar-refractivity contribution in [2.24, 2.45) is 0 Å². The van der Waals surface area contributed by atoms with E-state index in [1.54, 1.807) is 21.3 Å². The van der Waals surface area contributed by atoms with Crippen molar-refractivity contribution in [3.8, 4) is 11.1 Å². The van der Waals surface area contributed by atoms with Gasteiger partial charge in [-0.05, 0) is 89.2 Å². The van der Waals surface area contributed by atoms with Crippen LogP contribution in [0.3, 0.4) is 0 Å². The van der Waals surface area contributed by atoms with Crippen LogP contribution in [-0.2, 0) is 4.65 Å². The van der Waals surface area contributed by atoms with Crippen LogP contribution in [0.15, 0.2) is 108 Å². The van der Waals surface area contributed by atoms with Gasteiger partial charge in [-0.2, -0.15) is 0 Å². The molecule has 0 bridgehead atoms. The molecule has 40 heavy (non-hydrogen) atoms. The molecule has 3 nitrogen and oxygen atoms in total. The Kier molecular flexibility index (Phi) is 5.57. The molecular weight excluding hydrogens is 491 g/mol. The predicted octanol–water partition coefficient (Wildman–Crippen LogP) is 8.52. The number of hydrogen-bond donors (Lipinski definition) is 1. The van der Waals surface area contributed by atoms with Crippen LogP contribution >= 0.6 is 0 Å². The van der Waals surface area contributed by atoms with Gasteiger partial charge in [0.1, 0.15) is 11.2 Å². The molecule has 7 aromatic rings. The van der Waals surface area contributed by atoms with E-state index in [1.165, 1.54) is 21.5 Å². The van der Waals surface area contributed by atoms with Gasteiger partial charge in [0.2, 0.25) is 0 Å². The summed E-state index contributed by atoms with van der Waals surface area (Å²) in [6.45, 7) is 7.34. The van der Waals surface area contributed by atoms with Crippen molar-refractivity contribution in [3.05, 3.63) is 103 Å². The highest BCUT2D eigenvalue weighted by molar-refractivity contribution is 6.53. The summed E-state index contributed by atoms with van der Waals surface area (Å²) in [7, 11) is 1.77. The highest BCUT2D eigenvalue weighted by Crippen LogP contribution is 2.41. The van der Waals surface area contributed by atoms with Crippen molar-refractivity contribution >= 4 is 67.2 Å². The molecule has 0 aliphatic carbocycles. The van der Waals surface area contributed by atoms with Crippen LogP contribution in [0.2, 0.25) is 0 Å². The van der Waals surface area contributed by atoms with E-state index >= 15 is 0 Å². The fourth-order valence-electron chi connectivity index (χ4n) is 5.53. The third-order valence-corrected chi connectivity index (χ3v) is 8.53. The Morgan fingerprint density at radius 2 is 1.25 bits per heavy atom. The van der Waals surface area contributed by atoms with Gasteiger partial charge >= 0.3 is 7.48 Å². The third kappa shape index (κ3) is 3.90. The van der Waals surface area contributed by atoms with E-state index in [0.717, 1.165) is 49.3 Å². The summed E-state index contributed by atoms with van der Waals surface area (Å²) in [6.07, 6.45) is 0. The minimum Gasteiger partial charge on any atom is -0.455 e. The molecular formula is C36H30BO3. The maximum absolute atomic E-state index is 10.7. The minimum atomic E-state index is -1.03. The number of rotatable bonds is 5. The molecule has 0 amide bonds. The first-order valence-corrected chi connectivity index (χ1v) is 13.7. The number of benzene rings is 6. The molecule has 0 saturated heterocycles. The minimum absolute atomic E-state index is 0.793. The van der Waals surface area contributed by atoms with Crippen molar-refractivity contribution in [3.63, 3.8) is 0 Å². The SMILES string of the molecule is CC(C)(O)C(C)(C)O[B]c1ccc(-c2cc3ccccc3c3ccccc23)c2oc3cc4ccccc4cc3c12. The molecule has 1 heterocycles. The number of aliphatic hydroxyl groups is 1. The predicted molar refractivity (Wildman–Crippen MR) is 169 cm³/mol. The quantitative estimate of drug-likeness (QED) is 0.182. The maximum Gasteiger partial charge on any atom is 0.331 e. The van der Waals surface area contributed by atoms with Gasteiger partial charge in [0.05, 0.1) is 11.2 Å². The molecule has 0 saturated carbocycles. The second kappa shape index (κ2) is 8.95. The summed E-state index contributed by atoms with van der Waals surface area (Å²) in [5.41, 5.74) is 2.92. The van der Waals surface area contributed by atoms with Crippen LogP contribution in [-0.4, -0.2) is 23.8 Å². The van der Waals surface area contributed by atoms with Crippen LogP contribution < -0.4 is 5.46 Å². The van der Waals surface area contributed by atoms with Crippen LogP contribution in [0.25, 0.3) is 65.4 Å². The van der Waals surface area contributed by atoms with Gasteiger partial charge in [-0.25, -0.2) is 0 Å². The zero-order chi connectivity index (χ0) is 27.6. The molecule has 1 N–H and O–H groups in total. The first-order chi connectivity index (χ1) is 19.2. The standard InChI is InChI=1S/C36H30BO3/c1-35(2,38)36(3,4)40-37-31-18-17-28(29-20-24-13-7-8-14-25(24)26-15-9-10-16-27(26)29)34-33(31)30-19-22-11-5-6-12-23(22)21-32(30)39-34/h5-21,38H,1-4H3. The summed E-state index contributed by atoms with van der Waals surface area (Å²) >= 11 is 0. The van der Waals surface area contributed by atoms with E-state index in [4.69, 9.17) is 9.07 Å². The molecule has 0 atom stereocenters. The van der Waals surface area contributed by atoms with Gasteiger partial charge in [-0.1, -0.05) is 84.9 Å². The first kappa shape index (κ1) is 24.9. The Morgan fingerprint density at radius 3 is 1.98 bits per heavy atom. The van der Waals surface area contributed by atoms with Crippen LogP contribution in [0.4, 0.5) is 0 Å². The Hall–Kier alpha value is -4.12. The Balaban J connectivity index is 1.53. The Labute approximate surface area is 234 Å². The fraction of sp³-hybridized carbons (Fsp3) is 0.167. The molecule has 0 fully saturated rings. The van der Waals surface area contributed by atoms with E-state index in [2.05, 4.69) is 103 Å². The first-order valence-electron chi connectivity index (χ1n) is 13.7. The largest absolute Gasteiger partial charge is 0.455 e. The highest BCUT2D eigenvalue weighted by Gasteiger charge is 2.36. The Bertz CT molecular complexity index is 2080. The smallest absolute Gasteiger partial charge is 0.331 e. The van der Waals surface area contributed by atoms with Crippen LogP contribution in [0, 0.1) is 0 Å². The molecule has 195 valence electrons. The van der Waals surface area contributed by atoms with Crippen molar-refractivity contribution in [1.82, 2.24) is 0 Å². The normalized spacial score (nSPS) is 12.7. The van der Waals surface area contributed by atoms with Crippen LogP contribution in [0.5, 0.6) is 0 Å². The number of furan rings is 1. The lowest BCUT2D eigenvalue weighted by Crippen LogP contribution is -2.49. The van der Waals surface area contributed by atoms with Gasteiger partial charge in [-0.15, -0.1) is 0 Å². The molecule has 0 spiro atoms. The van der Waals surface area contributed by atoms with Gasteiger partial charge in [0.15, 0.2) is 0 Å². The highest BCUT2D eigenvalue weighted by atomic mass is 16.5. The summed E-state index contributed by atoms with van der Waals surface area (Å²) in [5, 5.41) is 19.9. The third-order valence-electron chi connectivity index (χ3n) is 8.53. The summed E-state index contributed by atoms with van der Waals surface area (Å²) in [5.74, 6) is 0.